The summed E-state index contributed by atoms with van der Waals surface area (Å²) in [6.07, 6.45) is 0.639. The third-order valence-electron chi connectivity index (χ3n) is 13.6. The van der Waals surface area contributed by atoms with Gasteiger partial charge in [-0.2, -0.15) is 8.78 Å². The fraction of sp³-hybridized carbons (Fsp3) is 0.364. The second kappa shape index (κ2) is 23.5. The Kier molecular flexibility index (Phi) is 17.3. The predicted octanol–water partition coefficient (Wildman–Crippen LogP) is 7.35. The summed E-state index contributed by atoms with van der Waals surface area (Å²) >= 11 is 4.39. The molecule has 77 heavy (non-hydrogen) atoms. The smallest absolute Gasteiger partial charge is 0.372 e. The Bertz CT molecular complexity index is 3230. The zero-order chi connectivity index (χ0) is 55.4. The van der Waals surface area contributed by atoms with Crippen LogP contribution in [0.1, 0.15) is 102 Å². The number of anilines is 1. The van der Waals surface area contributed by atoms with Crippen LogP contribution in [0, 0.1) is 17.3 Å². The summed E-state index contributed by atoms with van der Waals surface area (Å²) in [5.41, 5.74) is -3.20. The van der Waals surface area contributed by atoms with Crippen LogP contribution >= 0.6 is 34.9 Å². The summed E-state index contributed by atoms with van der Waals surface area (Å²) < 4.78 is 48.3. The van der Waals surface area contributed by atoms with Crippen LogP contribution < -0.4 is 20.9 Å². The number of likely N-dealkylation sites (tertiary alicyclic amines) is 1. The number of hydrogen-bond acceptors (Lipinski definition) is 10. The number of unbranched alkanes of at least 4 members (excludes halogenated alkanes) is 1. The molecular formula is C55H56BrF2N6O11PS. The van der Waals surface area contributed by atoms with Crippen LogP contribution in [0.2, 0.25) is 0 Å². The highest BCUT2D eigenvalue weighted by molar-refractivity contribution is 9.10. The van der Waals surface area contributed by atoms with Gasteiger partial charge in [0.25, 0.3) is 11.8 Å². The van der Waals surface area contributed by atoms with Crippen molar-refractivity contribution in [1.82, 2.24) is 25.8 Å². The maximum absolute atomic E-state index is 15.1. The van der Waals surface area contributed by atoms with Crippen LogP contribution in [-0.2, 0) is 52.1 Å². The lowest BCUT2D eigenvalue weighted by Gasteiger charge is -2.36. The number of amides is 7. The minimum Gasteiger partial charge on any atom is -0.372 e. The second-order valence-electron chi connectivity index (χ2n) is 20.1. The molecule has 3 aliphatic rings. The summed E-state index contributed by atoms with van der Waals surface area (Å²) in [4.78, 5) is 118. The van der Waals surface area contributed by atoms with Crippen molar-refractivity contribution in [2.24, 2.45) is 5.41 Å². The average Bonchev–Trinajstić information content (AvgIpc) is 4.12. The molecule has 4 atom stereocenters. The highest BCUT2D eigenvalue weighted by Gasteiger charge is 2.51. The predicted molar refractivity (Wildman–Crippen MR) is 286 cm³/mol. The normalized spacial score (nSPS) is 18.1. The summed E-state index contributed by atoms with van der Waals surface area (Å²) in [6.45, 7) is 5.78. The molecule has 2 saturated heterocycles. The Labute approximate surface area is 455 Å². The van der Waals surface area contributed by atoms with Crippen molar-refractivity contribution in [3.8, 4) is 11.8 Å². The number of halogens is 3. The van der Waals surface area contributed by atoms with Crippen LogP contribution in [0.15, 0.2) is 102 Å². The first-order chi connectivity index (χ1) is 36.5. The number of nitrogens with zero attached hydrogens (tertiary/aromatic N) is 3. The maximum atomic E-state index is 15.1. The summed E-state index contributed by atoms with van der Waals surface area (Å²) in [7, 11) is -5.87. The molecule has 0 radical (unpaired) electrons. The minimum absolute atomic E-state index is 0.0206. The molecule has 0 saturated carbocycles. The number of imide groups is 1. The van der Waals surface area contributed by atoms with Gasteiger partial charge < -0.3 is 39.9 Å². The monoisotopic (exact) mass is 1160 g/mol. The molecule has 17 nitrogen and oxygen atoms in total. The quantitative estimate of drug-likeness (QED) is 0.0267. The topological polar surface area (TPSA) is 232 Å². The number of alkyl halides is 2. The first kappa shape index (κ1) is 56.5. The lowest BCUT2D eigenvalue weighted by molar-refractivity contribution is -0.141. The van der Waals surface area contributed by atoms with Gasteiger partial charge in [0.05, 0.1) is 17.6 Å². The summed E-state index contributed by atoms with van der Waals surface area (Å²) in [5.74, 6) is 2.96. The van der Waals surface area contributed by atoms with E-state index in [0.29, 0.717) is 39.9 Å². The van der Waals surface area contributed by atoms with E-state index in [1.54, 1.807) is 63.2 Å². The van der Waals surface area contributed by atoms with Gasteiger partial charge in [0.1, 0.15) is 18.1 Å². The van der Waals surface area contributed by atoms with Crippen molar-refractivity contribution in [1.29, 1.82) is 0 Å². The molecule has 2 unspecified atom stereocenters. The zero-order valence-electron chi connectivity index (χ0n) is 42.2. The van der Waals surface area contributed by atoms with Crippen LogP contribution in [-0.4, -0.2) is 105 Å². The van der Waals surface area contributed by atoms with Crippen LogP contribution in [0.5, 0.6) is 0 Å². The molecule has 0 spiro atoms. The number of benzene rings is 4. The largest absolute Gasteiger partial charge is 0.399 e. The molecule has 4 aromatic carbocycles. The molecule has 7 amide bonds. The number of piperidine rings is 1. The highest BCUT2D eigenvalue weighted by atomic mass is 79.9. The highest BCUT2D eigenvalue weighted by Crippen LogP contribution is 2.59. The molecule has 5 aromatic rings. The molecule has 4 heterocycles. The van der Waals surface area contributed by atoms with Crippen molar-refractivity contribution in [3.05, 3.63) is 134 Å². The number of carbonyl (C=O) groups excluding carboxylic acids is 7. The number of hydrogen-bond donors (Lipinski definition) is 5. The van der Waals surface area contributed by atoms with Crippen LogP contribution in [0.25, 0.3) is 10.1 Å². The molecule has 0 aliphatic carbocycles. The second-order valence-corrected chi connectivity index (χ2v) is 23.7. The standard InChI is InChI=1S/C55H56BrF2N6O11PS/c1-54(2,3)48(61-50(68)45-28-35-27-36(16-22-44(35)77-45)55(57,58)76(72,73)74)53(71)63-30-39(75-32-33-11-6-4-7-12-33)29-43(63)52(70)62(38-19-17-37(56)18-20-38)26-24-46(65)59-25-9-5-8-13-34-14-10-15-40-41(34)31-64(51(40)69)42-21-23-47(66)60-49(42)67/h4,6-7,10-12,14-20,22,27-28,39,42-43,48H,5,9,21,23-26,29-32H2,1-3H3,(H,59,65)(H,61,68)(H,60,66,67)(H2,72,73,74)/t39-,42?,43-,48?/m0/s1. The Morgan fingerprint density at radius 1 is 0.987 bits per heavy atom. The van der Waals surface area contributed by atoms with Crippen LogP contribution in [0.4, 0.5) is 14.5 Å². The first-order valence-electron chi connectivity index (χ1n) is 24.8. The average molecular weight is 1160 g/mol. The van der Waals surface area contributed by atoms with Gasteiger partial charge in [-0.1, -0.05) is 91.0 Å². The molecule has 8 rings (SSSR count). The fourth-order valence-electron chi connectivity index (χ4n) is 9.45. The van der Waals surface area contributed by atoms with Gasteiger partial charge in [0.2, 0.25) is 29.5 Å². The number of carbonyl (C=O) groups is 7. The van der Waals surface area contributed by atoms with Gasteiger partial charge in [0, 0.05) is 83.4 Å². The van der Waals surface area contributed by atoms with Crippen LogP contribution in [0.3, 0.4) is 0 Å². The zero-order valence-corrected chi connectivity index (χ0v) is 45.5. The van der Waals surface area contributed by atoms with E-state index in [2.05, 4.69) is 43.7 Å². The van der Waals surface area contributed by atoms with E-state index in [1.807, 2.05) is 30.3 Å². The van der Waals surface area contributed by atoms with Crippen molar-refractivity contribution < 1.29 is 61.4 Å². The Morgan fingerprint density at radius 3 is 2.43 bits per heavy atom. The van der Waals surface area contributed by atoms with Crippen molar-refractivity contribution in [3.63, 3.8) is 0 Å². The Balaban J connectivity index is 0.949. The van der Waals surface area contributed by atoms with Gasteiger partial charge in [-0.15, -0.1) is 11.3 Å². The summed E-state index contributed by atoms with van der Waals surface area (Å²) in [6, 6.07) is 22.8. The lowest BCUT2D eigenvalue weighted by atomic mass is 9.85. The molecule has 1 aromatic heterocycles. The van der Waals surface area contributed by atoms with E-state index in [9.17, 15) is 47.1 Å². The Morgan fingerprint density at radius 2 is 1.73 bits per heavy atom. The SMILES string of the molecule is CC(C)(C)C(NC(=O)c1cc2cc(C(F)(F)P(=O)(O)O)ccc2s1)C(=O)N1C[C@@H](OCc2ccccc2)C[C@H]1C(=O)N(CCC(=O)NCCCC#Cc1cccc2c1CN(C1CCC(=O)NC1=O)C2=O)c1ccc(Br)cc1. The number of fused-ring (bicyclic) bond motifs is 2. The first-order valence-corrected chi connectivity index (χ1v) is 28.1. The molecule has 2 fully saturated rings. The van der Waals surface area contributed by atoms with Gasteiger partial charge in [-0.05, 0) is 89.4 Å². The molecular weight excluding hydrogens is 1100 g/mol. The van der Waals surface area contributed by atoms with Gasteiger partial charge in [-0.25, -0.2) is 0 Å². The molecule has 22 heteroatoms. The maximum Gasteiger partial charge on any atom is 0.399 e. The van der Waals surface area contributed by atoms with E-state index >= 15 is 9.59 Å². The number of thiophene rings is 1. The van der Waals surface area contributed by atoms with E-state index in [4.69, 9.17) is 4.74 Å². The molecule has 5 N–H and O–H groups in total. The number of nitrogens with one attached hydrogen (secondary N) is 3. The third kappa shape index (κ3) is 13.0. The van der Waals surface area contributed by atoms with Crippen molar-refractivity contribution >= 4 is 92.0 Å². The third-order valence-corrected chi connectivity index (χ3v) is 16.2. The number of rotatable bonds is 17. The van der Waals surface area contributed by atoms with Crippen molar-refractivity contribution in [2.45, 2.75) is 102 Å². The molecule has 3 aliphatic heterocycles. The van der Waals surface area contributed by atoms with Gasteiger partial charge in [-0.3, -0.25) is 43.4 Å². The van der Waals surface area contributed by atoms with Gasteiger partial charge >= 0.3 is 13.3 Å². The van der Waals surface area contributed by atoms with Crippen molar-refractivity contribution in [2.75, 3.05) is 24.5 Å². The Hall–Kier alpha value is -6.66. The van der Waals surface area contributed by atoms with E-state index in [-0.39, 0.29) is 86.5 Å². The fourth-order valence-corrected chi connectivity index (χ4v) is 11.1. The lowest BCUT2D eigenvalue weighted by Crippen LogP contribution is -2.58. The van der Waals surface area contributed by atoms with E-state index < -0.39 is 72.1 Å². The summed E-state index contributed by atoms with van der Waals surface area (Å²) in [5, 5.41) is 8.17. The van der Waals surface area contributed by atoms with Gasteiger partial charge in [0.15, 0.2) is 0 Å². The minimum atomic E-state index is -5.87. The number of ether oxygens (including phenoxy) is 1. The van der Waals surface area contributed by atoms with E-state index in [1.165, 1.54) is 26.8 Å². The molecule has 0 bridgehead atoms. The van der Waals surface area contributed by atoms with E-state index in [0.717, 1.165) is 33.5 Å². The molecule has 404 valence electrons.